The lowest BCUT2D eigenvalue weighted by molar-refractivity contribution is -0.122. The summed E-state index contributed by atoms with van der Waals surface area (Å²) in [5.41, 5.74) is 2.63. The van der Waals surface area contributed by atoms with E-state index in [1.807, 2.05) is 39.0 Å². The highest BCUT2D eigenvalue weighted by molar-refractivity contribution is 5.93. The van der Waals surface area contributed by atoms with Crippen LogP contribution in [0.15, 0.2) is 18.2 Å². The van der Waals surface area contributed by atoms with Crippen LogP contribution in [0.4, 0.5) is 5.95 Å². The molecule has 1 saturated carbocycles. The standard InChI is InChI=1S/C20H25N3O.C2H6/c1-6-14-10-11-16-17(12-14)23(15-8-7-9-15)19(21-16)22-18(24)13(2)20(3,4)5;1-2/h1,10-13,15H,7-9H2,2-5H3,(H,21,22,24);1-2H3/t13-;/m1./s1. The first kappa shape index (κ1) is 20.0. The second kappa shape index (κ2) is 7.95. The number of nitrogens with zero attached hydrogens (tertiary/aromatic N) is 2. The summed E-state index contributed by atoms with van der Waals surface area (Å²) in [5, 5.41) is 3.05. The van der Waals surface area contributed by atoms with Crippen LogP contribution < -0.4 is 5.32 Å². The Labute approximate surface area is 157 Å². The summed E-state index contributed by atoms with van der Waals surface area (Å²) in [6.07, 6.45) is 8.98. The molecule has 2 aromatic rings. The van der Waals surface area contributed by atoms with Gasteiger partial charge in [-0.3, -0.25) is 10.1 Å². The van der Waals surface area contributed by atoms with Crippen molar-refractivity contribution in [3.8, 4) is 12.3 Å². The Kier molecular flexibility index (Phi) is 6.13. The maximum atomic E-state index is 12.6. The highest BCUT2D eigenvalue weighted by Crippen LogP contribution is 2.37. The minimum atomic E-state index is -0.103. The van der Waals surface area contributed by atoms with Crippen molar-refractivity contribution in [3.05, 3.63) is 23.8 Å². The molecule has 0 saturated heterocycles. The summed E-state index contributed by atoms with van der Waals surface area (Å²) in [5.74, 6) is 3.23. The summed E-state index contributed by atoms with van der Waals surface area (Å²) in [7, 11) is 0. The number of amides is 1. The van der Waals surface area contributed by atoms with Crippen molar-refractivity contribution in [1.82, 2.24) is 9.55 Å². The molecular weight excluding hydrogens is 322 g/mol. The summed E-state index contributed by atoms with van der Waals surface area (Å²) < 4.78 is 2.16. The zero-order chi connectivity index (χ0) is 19.5. The van der Waals surface area contributed by atoms with E-state index in [1.54, 1.807) is 0 Å². The Morgan fingerprint density at radius 3 is 2.50 bits per heavy atom. The van der Waals surface area contributed by atoms with Crippen LogP contribution in [0, 0.1) is 23.7 Å². The van der Waals surface area contributed by atoms with Crippen LogP contribution in [-0.2, 0) is 4.79 Å². The van der Waals surface area contributed by atoms with Gasteiger partial charge in [0.15, 0.2) is 0 Å². The van der Waals surface area contributed by atoms with Crippen LogP contribution in [0.25, 0.3) is 11.0 Å². The molecular formula is C22H31N3O. The third kappa shape index (κ3) is 3.93. The molecule has 1 atom stereocenters. The quantitative estimate of drug-likeness (QED) is 0.752. The van der Waals surface area contributed by atoms with Gasteiger partial charge < -0.3 is 4.57 Å². The molecule has 0 spiro atoms. The average Bonchev–Trinajstić information content (AvgIpc) is 2.90. The third-order valence-corrected chi connectivity index (χ3v) is 5.22. The van der Waals surface area contributed by atoms with Crippen LogP contribution in [0.1, 0.15) is 72.4 Å². The van der Waals surface area contributed by atoms with Gasteiger partial charge in [-0.2, -0.15) is 0 Å². The van der Waals surface area contributed by atoms with Crippen LogP contribution in [0.5, 0.6) is 0 Å². The predicted octanol–water partition coefficient (Wildman–Crippen LogP) is 5.39. The van der Waals surface area contributed by atoms with Gasteiger partial charge in [0.05, 0.1) is 11.0 Å². The first-order valence-electron chi connectivity index (χ1n) is 9.60. The van der Waals surface area contributed by atoms with Gasteiger partial charge in [-0.15, -0.1) is 6.42 Å². The number of fused-ring (bicyclic) bond motifs is 1. The Morgan fingerprint density at radius 1 is 1.35 bits per heavy atom. The van der Waals surface area contributed by atoms with Crippen LogP contribution >= 0.6 is 0 Å². The molecule has 3 rings (SSSR count). The molecule has 4 nitrogen and oxygen atoms in total. The van der Waals surface area contributed by atoms with Crippen LogP contribution in [0.3, 0.4) is 0 Å². The van der Waals surface area contributed by atoms with E-state index in [1.165, 1.54) is 6.42 Å². The lowest BCUT2D eigenvalue weighted by Gasteiger charge is -2.30. The van der Waals surface area contributed by atoms with E-state index in [-0.39, 0.29) is 17.2 Å². The number of carbonyl (C=O) groups excluding carboxylic acids is 1. The van der Waals surface area contributed by atoms with E-state index < -0.39 is 0 Å². The zero-order valence-corrected chi connectivity index (χ0v) is 16.9. The van der Waals surface area contributed by atoms with Crippen molar-refractivity contribution in [2.45, 2.75) is 66.8 Å². The lowest BCUT2D eigenvalue weighted by atomic mass is 9.81. The minimum Gasteiger partial charge on any atom is -0.307 e. The van der Waals surface area contributed by atoms with Gasteiger partial charge in [-0.05, 0) is 42.9 Å². The SMILES string of the molecule is C#Cc1ccc2nc(NC(=O)[C@@H](C)C(C)(C)C)n(C3CCC3)c2c1.CC. The molecule has 4 heteroatoms. The number of nitrogens with one attached hydrogen (secondary N) is 1. The van der Waals surface area contributed by atoms with Crippen LogP contribution in [-0.4, -0.2) is 15.5 Å². The number of rotatable bonds is 3. The number of anilines is 1. The molecule has 0 aliphatic heterocycles. The van der Waals surface area contributed by atoms with E-state index in [4.69, 9.17) is 6.42 Å². The lowest BCUT2D eigenvalue weighted by Crippen LogP contribution is -2.32. The topological polar surface area (TPSA) is 46.9 Å². The van der Waals surface area contributed by atoms with Gasteiger partial charge in [0.25, 0.3) is 0 Å². The summed E-state index contributed by atoms with van der Waals surface area (Å²) in [6, 6.07) is 6.21. The number of terminal acetylenes is 1. The largest absolute Gasteiger partial charge is 0.307 e. The van der Waals surface area contributed by atoms with Gasteiger partial charge in [-0.1, -0.05) is 47.5 Å². The molecule has 0 unspecified atom stereocenters. The smallest absolute Gasteiger partial charge is 0.230 e. The first-order chi connectivity index (χ1) is 12.3. The predicted molar refractivity (Wildman–Crippen MR) is 109 cm³/mol. The fraction of sp³-hybridized carbons (Fsp3) is 0.545. The molecule has 1 aromatic carbocycles. The molecule has 1 N–H and O–H groups in total. The Bertz CT molecular complexity index is 816. The van der Waals surface area contributed by atoms with Crippen molar-refractivity contribution < 1.29 is 4.79 Å². The Morgan fingerprint density at radius 2 is 2.00 bits per heavy atom. The van der Waals surface area contributed by atoms with Crippen molar-refractivity contribution >= 4 is 22.9 Å². The van der Waals surface area contributed by atoms with E-state index in [2.05, 4.69) is 41.6 Å². The molecule has 26 heavy (non-hydrogen) atoms. The van der Waals surface area contributed by atoms with E-state index in [0.717, 1.165) is 29.4 Å². The molecule has 1 fully saturated rings. The number of benzene rings is 1. The third-order valence-electron chi connectivity index (χ3n) is 5.22. The molecule has 0 bridgehead atoms. The number of aromatic nitrogens is 2. The van der Waals surface area contributed by atoms with Crippen molar-refractivity contribution in [3.63, 3.8) is 0 Å². The molecule has 1 heterocycles. The van der Waals surface area contributed by atoms with Gasteiger partial charge in [0, 0.05) is 17.5 Å². The fourth-order valence-corrected chi connectivity index (χ4v) is 2.90. The number of carbonyl (C=O) groups is 1. The normalized spacial score (nSPS) is 15.4. The molecule has 1 aliphatic carbocycles. The second-order valence-corrected chi connectivity index (χ2v) is 7.81. The van der Waals surface area contributed by atoms with E-state index in [0.29, 0.717) is 12.0 Å². The van der Waals surface area contributed by atoms with Crippen molar-refractivity contribution in [1.29, 1.82) is 0 Å². The zero-order valence-electron chi connectivity index (χ0n) is 16.9. The van der Waals surface area contributed by atoms with Crippen molar-refractivity contribution in [2.75, 3.05) is 5.32 Å². The Hall–Kier alpha value is -2.28. The van der Waals surface area contributed by atoms with Crippen LogP contribution in [0.2, 0.25) is 0 Å². The van der Waals surface area contributed by atoms with Gasteiger partial charge in [0.1, 0.15) is 0 Å². The highest BCUT2D eigenvalue weighted by Gasteiger charge is 2.30. The fourth-order valence-electron chi connectivity index (χ4n) is 2.90. The monoisotopic (exact) mass is 353 g/mol. The second-order valence-electron chi connectivity index (χ2n) is 7.81. The maximum Gasteiger partial charge on any atom is 0.230 e. The average molecular weight is 354 g/mol. The molecule has 1 amide bonds. The highest BCUT2D eigenvalue weighted by atomic mass is 16.2. The van der Waals surface area contributed by atoms with Gasteiger partial charge in [-0.25, -0.2) is 4.98 Å². The summed E-state index contributed by atoms with van der Waals surface area (Å²) >= 11 is 0. The molecule has 0 radical (unpaired) electrons. The van der Waals surface area contributed by atoms with E-state index >= 15 is 0 Å². The van der Waals surface area contributed by atoms with Gasteiger partial charge in [0.2, 0.25) is 11.9 Å². The number of hydrogen-bond donors (Lipinski definition) is 1. The van der Waals surface area contributed by atoms with Crippen molar-refractivity contribution in [2.24, 2.45) is 11.3 Å². The minimum absolute atomic E-state index is 0.00977. The van der Waals surface area contributed by atoms with E-state index in [9.17, 15) is 4.79 Å². The molecule has 1 aliphatic rings. The number of hydrogen-bond acceptors (Lipinski definition) is 2. The Balaban J connectivity index is 0.00000117. The molecule has 140 valence electrons. The summed E-state index contributed by atoms with van der Waals surface area (Å²) in [4.78, 5) is 17.3. The maximum absolute atomic E-state index is 12.6. The summed E-state index contributed by atoms with van der Waals surface area (Å²) in [6.45, 7) is 12.2. The number of imidazole rings is 1. The first-order valence-corrected chi connectivity index (χ1v) is 9.60. The molecule has 1 aromatic heterocycles. The van der Waals surface area contributed by atoms with Gasteiger partial charge >= 0.3 is 0 Å².